The Labute approximate surface area is 152 Å². The lowest BCUT2D eigenvalue weighted by Crippen LogP contribution is -2.09. The van der Waals surface area contributed by atoms with Crippen molar-refractivity contribution < 1.29 is 0 Å². The van der Waals surface area contributed by atoms with Gasteiger partial charge in [-0.05, 0) is 35.9 Å². The van der Waals surface area contributed by atoms with E-state index in [4.69, 9.17) is 0 Å². The molecule has 0 spiro atoms. The van der Waals surface area contributed by atoms with E-state index in [2.05, 4.69) is 51.2 Å². The van der Waals surface area contributed by atoms with Crippen LogP contribution in [0.15, 0.2) is 97.6 Å². The molecule has 0 bridgehead atoms. The standard InChI is InChI=1S/C22H18N4/c1-2-11-22(21(10-1)19-8-5-13-24-16-19)26-25-20-9-3-6-17(14-20)18-7-4-12-23-15-18/h1-16,25-26H. The van der Waals surface area contributed by atoms with Gasteiger partial charge in [-0.25, -0.2) is 0 Å². The zero-order valence-corrected chi connectivity index (χ0v) is 14.1. The average molecular weight is 338 g/mol. The van der Waals surface area contributed by atoms with Gasteiger partial charge in [0.2, 0.25) is 0 Å². The van der Waals surface area contributed by atoms with Crippen LogP contribution in [0.1, 0.15) is 0 Å². The summed E-state index contributed by atoms with van der Waals surface area (Å²) >= 11 is 0. The van der Waals surface area contributed by atoms with Crippen molar-refractivity contribution in [1.29, 1.82) is 0 Å². The molecule has 0 aliphatic carbocycles. The van der Waals surface area contributed by atoms with E-state index in [1.165, 1.54) is 0 Å². The van der Waals surface area contributed by atoms with Crippen molar-refractivity contribution in [3.05, 3.63) is 97.6 Å². The van der Waals surface area contributed by atoms with Crippen molar-refractivity contribution in [3.63, 3.8) is 0 Å². The van der Waals surface area contributed by atoms with Crippen molar-refractivity contribution in [1.82, 2.24) is 9.97 Å². The van der Waals surface area contributed by atoms with Gasteiger partial charge < -0.3 is 10.9 Å². The monoisotopic (exact) mass is 338 g/mol. The molecule has 4 nitrogen and oxygen atoms in total. The van der Waals surface area contributed by atoms with Crippen LogP contribution in [-0.4, -0.2) is 9.97 Å². The molecule has 0 saturated carbocycles. The smallest absolute Gasteiger partial charge is 0.0618 e. The lowest BCUT2D eigenvalue weighted by molar-refractivity contribution is 1.32. The molecule has 2 aromatic carbocycles. The molecular formula is C22H18N4. The maximum Gasteiger partial charge on any atom is 0.0618 e. The molecule has 2 heterocycles. The van der Waals surface area contributed by atoms with Gasteiger partial charge in [0.05, 0.1) is 11.4 Å². The largest absolute Gasteiger partial charge is 0.301 e. The Morgan fingerprint density at radius 2 is 1.31 bits per heavy atom. The fourth-order valence-electron chi connectivity index (χ4n) is 2.82. The number of benzene rings is 2. The first-order valence-corrected chi connectivity index (χ1v) is 8.42. The molecule has 0 unspecified atom stereocenters. The van der Waals surface area contributed by atoms with Gasteiger partial charge in [-0.3, -0.25) is 9.97 Å². The second-order valence-corrected chi connectivity index (χ2v) is 5.86. The van der Waals surface area contributed by atoms with E-state index in [0.717, 1.165) is 33.6 Å². The van der Waals surface area contributed by atoms with Crippen molar-refractivity contribution in [2.75, 3.05) is 10.9 Å². The summed E-state index contributed by atoms with van der Waals surface area (Å²) < 4.78 is 0. The van der Waals surface area contributed by atoms with Crippen molar-refractivity contribution >= 4 is 11.4 Å². The summed E-state index contributed by atoms with van der Waals surface area (Å²) in [5.41, 5.74) is 12.9. The number of hydrazine groups is 1. The van der Waals surface area contributed by atoms with Gasteiger partial charge in [-0.2, -0.15) is 0 Å². The maximum atomic E-state index is 4.21. The number of hydrogen-bond acceptors (Lipinski definition) is 4. The molecule has 2 N–H and O–H groups in total. The highest BCUT2D eigenvalue weighted by Crippen LogP contribution is 2.27. The summed E-state index contributed by atoms with van der Waals surface area (Å²) in [6, 6.07) is 24.4. The molecule has 0 saturated heterocycles. The summed E-state index contributed by atoms with van der Waals surface area (Å²) in [7, 11) is 0. The molecule has 0 aliphatic heterocycles. The number of rotatable bonds is 5. The first kappa shape index (κ1) is 15.8. The summed E-state index contributed by atoms with van der Waals surface area (Å²) in [5.74, 6) is 0. The van der Waals surface area contributed by atoms with Gasteiger partial charge in [0.15, 0.2) is 0 Å². The van der Waals surface area contributed by atoms with Crippen LogP contribution in [0.5, 0.6) is 0 Å². The van der Waals surface area contributed by atoms with E-state index >= 15 is 0 Å². The Balaban J connectivity index is 1.56. The lowest BCUT2D eigenvalue weighted by atomic mass is 10.1. The molecule has 26 heavy (non-hydrogen) atoms. The second kappa shape index (κ2) is 7.49. The maximum absolute atomic E-state index is 4.21. The Bertz CT molecular complexity index is 985. The van der Waals surface area contributed by atoms with Crippen molar-refractivity contribution in [3.8, 4) is 22.3 Å². The highest BCUT2D eigenvalue weighted by Gasteiger charge is 2.04. The van der Waals surface area contributed by atoms with E-state index < -0.39 is 0 Å². The van der Waals surface area contributed by atoms with Crippen molar-refractivity contribution in [2.45, 2.75) is 0 Å². The number of nitrogens with one attached hydrogen (secondary N) is 2. The SMILES string of the molecule is c1cncc(-c2cccc(NNc3ccccc3-c3cccnc3)c2)c1. The second-order valence-electron chi connectivity index (χ2n) is 5.86. The quantitative estimate of drug-likeness (QED) is 0.488. The predicted molar refractivity (Wildman–Crippen MR) is 107 cm³/mol. The molecule has 0 fully saturated rings. The minimum Gasteiger partial charge on any atom is -0.301 e. The fraction of sp³-hybridized carbons (Fsp3) is 0. The zero-order chi connectivity index (χ0) is 17.6. The molecule has 4 heteroatoms. The normalized spacial score (nSPS) is 10.3. The summed E-state index contributed by atoms with van der Waals surface area (Å²) in [6.45, 7) is 0. The molecule has 126 valence electrons. The third-order valence-corrected chi connectivity index (χ3v) is 4.10. The van der Waals surface area contributed by atoms with E-state index in [0.29, 0.717) is 0 Å². The number of aromatic nitrogens is 2. The molecule has 4 aromatic rings. The highest BCUT2D eigenvalue weighted by atomic mass is 15.4. The molecule has 0 aliphatic rings. The van der Waals surface area contributed by atoms with E-state index in [-0.39, 0.29) is 0 Å². The van der Waals surface area contributed by atoms with E-state index in [1.54, 1.807) is 12.4 Å². The van der Waals surface area contributed by atoms with Crippen LogP contribution in [-0.2, 0) is 0 Å². The van der Waals surface area contributed by atoms with Gasteiger partial charge in [0, 0.05) is 41.5 Å². The fourth-order valence-corrected chi connectivity index (χ4v) is 2.82. The molecular weight excluding hydrogens is 320 g/mol. The summed E-state index contributed by atoms with van der Waals surface area (Å²) in [5, 5.41) is 0. The Kier molecular flexibility index (Phi) is 4.56. The van der Waals surface area contributed by atoms with Gasteiger partial charge in [0.25, 0.3) is 0 Å². The third-order valence-electron chi connectivity index (χ3n) is 4.10. The molecule has 0 radical (unpaired) electrons. The van der Waals surface area contributed by atoms with Crippen LogP contribution in [0.2, 0.25) is 0 Å². The average Bonchev–Trinajstić information content (AvgIpc) is 2.74. The van der Waals surface area contributed by atoms with Gasteiger partial charge in [-0.1, -0.05) is 42.5 Å². The van der Waals surface area contributed by atoms with Crippen LogP contribution >= 0.6 is 0 Å². The summed E-state index contributed by atoms with van der Waals surface area (Å²) in [4.78, 5) is 8.40. The number of pyridine rings is 2. The topological polar surface area (TPSA) is 49.8 Å². The predicted octanol–water partition coefficient (Wildman–Crippen LogP) is 5.25. The van der Waals surface area contributed by atoms with Crippen LogP contribution in [0.25, 0.3) is 22.3 Å². The van der Waals surface area contributed by atoms with Gasteiger partial charge >= 0.3 is 0 Å². The Hall–Kier alpha value is -3.66. The first-order chi connectivity index (χ1) is 12.9. The van der Waals surface area contributed by atoms with Crippen LogP contribution in [0.3, 0.4) is 0 Å². The van der Waals surface area contributed by atoms with E-state index in [9.17, 15) is 0 Å². The van der Waals surface area contributed by atoms with Crippen molar-refractivity contribution in [2.24, 2.45) is 0 Å². The first-order valence-electron chi connectivity index (χ1n) is 8.42. The number of hydrogen-bond donors (Lipinski definition) is 2. The molecule has 0 amide bonds. The summed E-state index contributed by atoms with van der Waals surface area (Å²) in [6.07, 6.45) is 7.29. The van der Waals surface area contributed by atoms with E-state index in [1.807, 2.05) is 54.9 Å². The Morgan fingerprint density at radius 1 is 0.577 bits per heavy atom. The van der Waals surface area contributed by atoms with Gasteiger partial charge in [0.1, 0.15) is 0 Å². The Morgan fingerprint density at radius 3 is 2.08 bits per heavy atom. The third kappa shape index (κ3) is 3.54. The van der Waals surface area contributed by atoms with Gasteiger partial charge in [-0.15, -0.1) is 0 Å². The minimum absolute atomic E-state index is 0.979. The highest BCUT2D eigenvalue weighted by molar-refractivity contribution is 5.78. The number of para-hydroxylation sites is 1. The number of nitrogens with zero attached hydrogens (tertiary/aromatic N) is 2. The van der Waals surface area contributed by atoms with Crippen LogP contribution in [0, 0.1) is 0 Å². The molecule has 2 aromatic heterocycles. The zero-order valence-electron chi connectivity index (χ0n) is 14.1. The lowest BCUT2D eigenvalue weighted by Gasteiger charge is -2.14. The minimum atomic E-state index is 0.979. The van der Waals surface area contributed by atoms with Crippen LogP contribution < -0.4 is 10.9 Å². The number of anilines is 2. The van der Waals surface area contributed by atoms with Crippen LogP contribution in [0.4, 0.5) is 11.4 Å². The molecule has 4 rings (SSSR count). The molecule has 0 atom stereocenters.